The molecule has 2 heteroatoms. The molecule has 0 amide bonds. The summed E-state index contributed by atoms with van der Waals surface area (Å²) in [6.45, 7) is 2.09. The maximum atomic E-state index is 3.30. The molecule has 0 unspecified atom stereocenters. The Hall–Kier alpha value is -1.02. The lowest BCUT2D eigenvalue weighted by Gasteiger charge is -1.90. The fourth-order valence-corrected chi connectivity index (χ4v) is 1.87. The van der Waals surface area contributed by atoms with E-state index in [-0.39, 0.29) is 0 Å². The Kier molecular flexibility index (Phi) is 1.36. The summed E-state index contributed by atoms with van der Waals surface area (Å²) in [6.07, 6.45) is 0. The van der Waals surface area contributed by atoms with Crippen molar-refractivity contribution in [3.8, 4) is 0 Å². The lowest BCUT2D eigenvalue weighted by atomic mass is 10.2. The second-order valence-corrected chi connectivity index (χ2v) is 4.20. The van der Waals surface area contributed by atoms with Gasteiger partial charge in [0, 0.05) is 21.5 Å². The molecule has 0 spiro atoms. The molecule has 0 aliphatic heterocycles. The van der Waals surface area contributed by atoms with Crippen molar-refractivity contribution in [1.82, 2.24) is 4.98 Å². The summed E-state index contributed by atoms with van der Waals surface area (Å²) >= 11 is 0. The Morgan fingerprint density at radius 2 is 2.09 bits per heavy atom. The van der Waals surface area contributed by atoms with E-state index in [0.717, 1.165) is 10.2 Å². The van der Waals surface area contributed by atoms with Gasteiger partial charge in [-0.05, 0) is 24.4 Å². The van der Waals surface area contributed by atoms with Gasteiger partial charge in [0.05, 0.1) is 0 Å². The molecule has 0 bridgehead atoms. The number of H-pyrrole nitrogens is 1. The predicted octanol–water partition coefficient (Wildman–Crippen LogP) is 0.467. The van der Waals surface area contributed by atoms with Crippen LogP contribution in [0.3, 0.4) is 0 Å². The Morgan fingerprint density at radius 1 is 1.27 bits per heavy atom. The summed E-state index contributed by atoms with van der Waals surface area (Å²) in [7, 11) is 1.14. The highest BCUT2D eigenvalue weighted by molar-refractivity contribution is 6.33. The molecular formula is C9H11NSi. The van der Waals surface area contributed by atoms with Crippen molar-refractivity contribution in [2.45, 2.75) is 6.92 Å². The Labute approximate surface area is 68.9 Å². The smallest absolute Gasteiger partial charge is 0.0455 e. The second kappa shape index (κ2) is 2.24. The largest absolute Gasteiger partial charge is 0.359 e. The number of rotatable bonds is 0. The quantitative estimate of drug-likeness (QED) is 0.541. The first-order chi connectivity index (χ1) is 5.25. The first-order valence-corrected chi connectivity index (χ1v) is 4.82. The molecule has 0 saturated heterocycles. The molecule has 1 nitrogen and oxygen atoms in total. The van der Waals surface area contributed by atoms with Gasteiger partial charge in [-0.1, -0.05) is 17.3 Å². The summed E-state index contributed by atoms with van der Waals surface area (Å²) < 4.78 is 0. The van der Waals surface area contributed by atoms with Crippen molar-refractivity contribution >= 4 is 26.3 Å². The lowest BCUT2D eigenvalue weighted by Crippen LogP contribution is -1.98. The number of nitrogens with one attached hydrogen (secondary N) is 1. The number of benzene rings is 1. The molecule has 1 heterocycles. The minimum absolute atomic E-state index is 1.14. The SMILES string of the molecule is Cc1cc2cc([SiH3])ccc2[nH]1. The van der Waals surface area contributed by atoms with Crippen molar-refractivity contribution in [1.29, 1.82) is 0 Å². The maximum absolute atomic E-state index is 3.30. The van der Waals surface area contributed by atoms with Crippen LogP contribution in [0.25, 0.3) is 10.9 Å². The van der Waals surface area contributed by atoms with Crippen LogP contribution in [0.4, 0.5) is 0 Å². The number of aromatic amines is 1. The molecule has 1 aromatic heterocycles. The van der Waals surface area contributed by atoms with E-state index in [1.165, 1.54) is 21.8 Å². The highest BCUT2D eigenvalue weighted by Gasteiger charge is 1.95. The third kappa shape index (κ3) is 1.09. The summed E-state index contributed by atoms with van der Waals surface area (Å²) in [5, 5.41) is 2.80. The molecule has 0 fully saturated rings. The van der Waals surface area contributed by atoms with E-state index < -0.39 is 0 Å². The fraction of sp³-hybridized carbons (Fsp3) is 0.111. The lowest BCUT2D eigenvalue weighted by molar-refractivity contribution is 1.30. The van der Waals surface area contributed by atoms with Crippen molar-refractivity contribution < 1.29 is 0 Å². The van der Waals surface area contributed by atoms with E-state index in [4.69, 9.17) is 0 Å². The highest BCUT2D eigenvalue weighted by Crippen LogP contribution is 2.11. The third-order valence-corrected chi connectivity index (χ3v) is 2.53. The average molecular weight is 161 g/mol. The van der Waals surface area contributed by atoms with Crippen LogP contribution in [0.5, 0.6) is 0 Å². The third-order valence-electron chi connectivity index (χ3n) is 1.91. The maximum Gasteiger partial charge on any atom is 0.0455 e. The van der Waals surface area contributed by atoms with Crippen LogP contribution >= 0.6 is 0 Å². The molecule has 1 N–H and O–H groups in total. The van der Waals surface area contributed by atoms with E-state index >= 15 is 0 Å². The monoisotopic (exact) mass is 161 g/mol. The van der Waals surface area contributed by atoms with Crippen molar-refractivity contribution in [2.75, 3.05) is 0 Å². The van der Waals surface area contributed by atoms with Gasteiger partial charge in [0.25, 0.3) is 0 Å². The first kappa shape index (κ1) is 6.67. The summed E-state index contributed by atoms with van der Waals surface area (Å²) in [6, 6.07) is 8.79. The minimum Gasteiger partial charge on any atom is -0.359 e. The van der Waals surface area contributed by atoms with Crippen LogP contribution in [0.15, 0.2) is 24.3 Å². The second-order valence-electron chi connectivity index (χ2n) is 3.04. The van der Waals surface area contributed by atoms with Gasteiger partial charge in [-0.3, -0.25) is 0 Å². The topological polar surface area (TPSA) is 15.8 Å². The van der Waals surface area contributed by atoms with Gasteiger partial charge in [-0.25, -0.2) is 0 Å². The molecule has 11 heavy (non-hydrogen) atoms. The fourth-order valence-electron chi connectivity index (χ4n) is 1.40. The molecule has 56 valence electrons. The Bertz CT molecular complexity index is 389. The van der Waals surface area contributed by atoms with E-state index in [0.29, 0.717) is 0 Å². The summed E-state index contributed by atoms with van der Waals surface area (Å²) in [5.74, 6) is 0. The minimum atomic E-state index is 1.14. The van der Waals surface area contributed by atoms with Crippen LogP contribution in [0.1, 0.15) is 5.69 Å². The van der Waals surface area contributed by atoms with Crippen LogP contribution in [-0.2, 0) is 0 Å². The molecule has 1 aromatic carbocycles. The zero-order valence-corrected chi connectivity index (χ0v) is 8.81. The van der Waals surface area contributed by atoms with Crippen LogP contribution in [-0.4, -0.2) is 15.2 Å². The number of aromatic nitrogens is 1. The van der Waals surface area contributed by atoms with Gasteiger partial charge in [0.2, 0.25) is 0 Å². The van der Waals surface area contributed by atoms with Gasteiger partial charge < -0.3 is 4.98 Å². The molecule has 0 radical (unpaired) electrons. The van der Waals surface area contributed by atoms with Gasteiger partial charge in [0.15, 0.2) is 0 Å². The van der Waals surface area contributed by atoms with Crippen LogP contribution in [0.2, 0.25) is 0 Å². The van der Waals surface area contributed by atoms with Gasteiger partial charge >= 0.3 is 0 Å². The first-order valence-electron chi connectivity index (χ1n) is 3.82. The summed E-state index contributed by atoms with van der Waals surface area (Å²) in [5.41, 5.74) is 2.49. The van der Waals surface area contributed by atoms with Crippen LogP contribution < -0.4 is 5.19 Å². The number of aryl methyl sites for hydroxylation is 1. The standard InChI is InChI=1S/C9H11NSi/c1-6-4-7-5-8(11)2-3-9(7)10-6/h2-5,10H,1,11H3. The molecular weight excluding hydrogens is 150 g/mol. The average Bonchev–Trinajstić information content (AvgIpc) is 2.27. The zero-order valence-electron chi connectivity index (χ0n) is 6.81. The van der Waals surface area contributed by atoms with E-state index in [1.807, 2.05) is 0 Å². The van der Waals surface area contributed by atoms with E-state index in [1.54, 1.807) is 0 Å². The molecule has 0 saturated carbocycles. The number of hydrogen-bond acceptors (Lipinski definition) is 0. The summed E-state index contributed by atoms with van der Waals surface area (Å²) in [4.78, 5) is 3.30. The number of fused-ring (bicyclic) bond motifs is 1. The van der Waals surface area contributed by atoms with Gasteiger partial charge in [-0.2, -0.15) is 0 Å². The van der Waals surface area contributed by atoms with Crippen molar-refractivity contribution in [3.63, 3.8) is 0 Å². The molecule has 0 atom stereocenters. The molecule has 2 aromatic rings. The van der Waals surface area contributed by atoms with Gasteiger partial charge in [0.1, 0.15) is 0 Å². The predicted molar refractivity (Wildman–Crippen MR) is 52.6 cm³/mol. The normalized spacial score (nSPS) is 11.0. The van der Waals surface area contributed by atoms with E-state index in [9.17, 15) is 0 Å². The molecule has 0 aliphatic carbocycles. The molecule has 2 rings (SSSR count). The van der Waals surface area contributed by atoms with Gasteiger partial charge in [-0.15, -0.1) is 0 Å². The van der Waals surface area contributed by atoms with Crippen molar-refractivity contribution in [2.24, 2.45) is 0 Å². The highest BCUT2D eigenvalue weighted by atomic mass is 28.1. The van der Waals surface area contributed by atoms with Crippen LogP contribution in [0, 0.1) is 6.92 Å². The van der Waals surface area contributed by atoms with Crippen molar-refractivity contribution in [3.05, 3.63) is 30.0 Å². The Balaban J connectivity index is 2.82. The zero-order chi connectivity index (χ0) is 7.84. The number of hydrogen-bond donors (Lipinski definition) is 1. The Morgan fingerprint density at radius 3 is 2.91 bits per heavy atom. The molecule has 0 aliphatic rings. The van der Waals surface area contributed by atoms with E-state index in [2.05, 4.69) is 36.2 Å².